The highest BCUT2D eigenvalue weighted by molar-refractivity contribution is 9.10. The number of nitrogens with two attached hydrogens (primary N) is 1. The van der Waals surface area contributed by atoms with Crippen molar-refractivity contribution in [1.29, 1.82) is 0 Å². The lowest BCUT2D eigenvalue weighted by atomic mass is 10.1. The Morgan fingerprint density at radius 2 is 2.08 bits per heavy atom. The van der Waals surface area contributed by atoms with E-state index in [1.54, 1.807) is 0 Å². The lowest BCUT2D eigenvalue weighted by Gasteiger charge is -2.21. The summed E-state index contributed by atoms with van der Waals surface area (Å²) in [6.07, 6.45) is 0.993. The summed E-state index contributed by atoms with van der Waals surface area (Å²) >= 11 is 3.52. The third-order valence-corrected chi connectivity index (χ3v) is 5.48. The van der Waals surface area contributed by atoms with Gasteiger partial charge in [0.05, 0.1) is 5.56 Å². The highest BCUT2D eigenvalue weighted by Crippen LogP contribution is 2.28. The van der Waals surface area contributed by atoms with Gasteiger partial charge in [-0.05, 0) is 63.9 Å². The van der Waals surface area contributed by atoms with Crippen molar-refractivity contribution in [2.24, 2.45) is 11.7 Å². The fourth-order valence-electron chi connectivity index (χ4n) is 3.74. The van der Waals surface area contributed by atoms with E-state index in [1.165, 1.54) is 0 Å². The number of carbonyl (C=O) groups excluding carboxylic acids is 1. The van der Waals surface area contributed by atoms with Crippen molar-refractivity contribution in [1.82, 2.24) is 9.47 Å². The number of hydrogen-bond acceptors (Lipinski definition) is 2. The van der Waals surface area contributed by atoms with Crippen molar-refractivity contribution in [2.45, 2.75) is 33.2 Å². The first-order chi connectivity index (χ1) is 11.4. The van der Waals surface area contributed by atoms with E-state index in [1.807, 2.05) is 36.9 Å². The Morgan fingerprint density at radius 1 is 1.33 bits per heavy atom. The smallest absolute Gasteiger partial charge is 0.255 e. The molecule has 2 unspecified atom stereocenters. The zero-order valence-corrected chi connectivity index (χ0v) is 16.0. The molecule has 0 aliphatic carbocycles. The fourth-order valence-corrected chi connectivity index (χ4v) is 4.13. The van der Waals surface area contributed by atoms with Crippen LogP contribution < -0.4 is 5.73 Å². The van der Waals surface area contributed by atoms with E-state index in [9.17, 15) is 4.79 Å². The number of nitrogens with zero attached hydrogens (tertiary/aromatic N) is 2. The Balaban J connectivity index is 1.96. The molecule has 1 amide bonds. The largest absolute Gasteiger partial charge is 0.336 e. The molecule has 1 fully saturated rings. The molecule has 5 heteroatoms. The summed E-state index contributed by atoms with van der Waals surface area (Å²) in [7, 11) is 0. The number of benzene rings is 1. The minimum atomic E-state index is 0.118. The van der Waals surface area contributed by atoms with Crippen LogP contribution in [0.15, 0.2) is 34.8 Å². The van der Waals surface area contributed by atoms with Gasteiger partial charge in [-0.2, -0.15) is 0 Å². The number of aryl methyl sites for hydroxylation is 1. The molecular weight excluding hydrogens is 366 g/mol. The second-order valence-corrected chi connectivity index (χ2v) is 7.66. The lowest BCUT2D eigenvalue weighted by Crippen LogP contribution is -2.34. The van der Waals surface area contributed by atoms with E-state index >= 15 is 0 Å². The van der Waals surface area contributed by atoms with Gasteiger partial charge in [0.1, 0.15) is 0 Å². The maximum absolute atomic E-state index is 13.1. The van der Waals surface area contributed by atoms with Gasteiger partial charge in [-0.3, -0.25) is 4.79 Å². The number of rotatable bonds is 3. The molecule has 2 aromatic rings. The SMILES string of the molecule is Cc1cc(C(=O)N2CC(CN)CC2C)c(C)n1-c1cccc(Br)c1. The van der Waals surface area contributed by atoms with Crippen LogP contribution in [-0.4, -0.2) is 34.5 Å². The van der Waals surface area contributed by atoms with Gasteiger partial charge < -0.3 is 15.2 Å². The van der Waals surface area contributed by atoms with Crippen molar-refractivity contribution in [3.05, 3.63) is 51.8 Å². The highest BCUT2D eigenvalue weighted by Gasteiger charge is 2.33. The van der Waals surface area contributed by atoms with Gasteiger partial charge in [0.15, 0.2) is 0 Å². The lowest BCUT2D eigenvalue weighted by molar-refractivity contribution is 0.0742. The van der Waals surface area contributed by atoms with Crippen LogP contribution in [0.2, 0.25) is 0 Å². The second-order valence-electron chi connectivity index (χ2n) is 6.74. The predicted octanol–water partition coefficient (Wildman–Crippen LogP) is 3.67. The zero-order chi connectivity index (χ0) is 17.4. The fraction of sp³-hybridized carbons (Fsp3) is 0.421. The van der Waals surface area contributed by atoms with Gasteiger partial charge in [0.2, 0.25) is 0 Å². The maximum atomic E-state index is 13.1. The van der Waals surface area contributed by atoms with Crippen LogP contribution in [0.3, 0.4) is 0 Å². The predicted molar refractivity (Wildman–Crippen MR) is 101 cm³/mol. The molecule has 1 aliphatic heterocycles. The second kappa shape index (κ2) is 6.73. The van der Waals surface area contributed by atoms with Gasteiger partial charge in [0.25, 0.3) is 5.91 Å². The van der Waals surface area contributed by atoms with E-state index in [4.69, 9.17) is 5.73 Å². The minimum absolute atomic E-state index is 0.118. The van der Waals surface area contributed by atoms with Gasteiger partial charge in [-0.1, -0.05) is 22.0 Å². The minimum Gasteiger partial charge on any atom is -0.336 e. The molecule has 3 rings (SSSR count). The van der Waals surface area contributed by atoms with Crippen molar-refractivity contribution in [3.63, 3.8) is 0 Å². The Bertz CT molecular complexity index is 768. The molecule has 1 aromatic heterocycles. The molecule has 128 valence electrons. The van der Waals surface area contributed by atoms with E-state index in [0.717, 1.165) is 40.1 Å². The molecule has 2 N–H and O–H groups in total. The highest BCUT2D eigenvalue weighted by atomic mass is 79.9. The molecular formula is C19H24BrN3O. The van der Waals surface area contributed by atoms with Crippen molar-refractivity contribution < 1.29 is 4.79 Å². The summed E-state index contributed by atoms with van der Waals surface area (Å²) in [5.41, 5.74) is 9.70. The van der Waals surface area contributed by atoms with Crippen LogP contribution in [0.4, 0.5) is 0 Å². The Labute approximate surface area is 151 Å². The molecule has 4 nitrogen and oxygen atoms in total. The van der Waals surface area contributed by atoms with Crippen LogP contribution >= 0.6 is 15.9 Å². The molecule has 1 saturated heterocycles. The summed E-state index contributed by atoms with van der Waals surface area (Å²) in [6, 6.07) is 10.4. The van der Waals surface area contributed by atoms with Crippen LogP contribution in [0, 0.1) is 19.8 Å². The average Bonchev–Trinajstić information content (AvgIpc) is 3.06. The quantitative estimate of drug-likeness (QED) is 0.870. The molecule has 0 saturated carbocycles. The van der Waals surface area contributed by atoms with E-state index in [-0.39, 0.29) is 11.9 Å². The van der Waals surface area contributed by atoms with Crippen LogP contribution in [0.1, 0.15) is 35.1 Å². The number of aromatic nitrogens is 1. The normalized spacial score (nSPS) is 20.6. The number of hydrogen-bond donors (Lipinski definition) is 1. The van der Waals surface area contributed by atoms with Gasteiger partial charge in [-0.15, -0.1) is 0 Å². The first kappa shape index (κ1) is 17.2. The summed E-state index contributed by atoms with van der Waals surface area (Å²) in [4.78, 5) is 15.0. The first-order valence-corrected chi connectivity index (χ1v) is 9.17. The molecule has 24 heavy (non-hydrogen) atoms. The van der Waals surface area contributed by atoms with Gasteiger partial charge in [0, 0.05) is 34.1 Å². The van der Waals surface area contributed by atoms with E-state index < -0.39 is 0 Å². The molecule has 1 aliphatic rings. The molecule has 2 atom stereocenters. The summed E-state index contributed by atoms with van der Waals surface area (Å²) in [5.74, 6) is 0.533. The topological polar surface area (TPSA) is 51.3 Å². The van der Waals surface area contributed by atoms with Crippen LogP contribution in [-0.2, 0) is 0 Å². The molecule has 0 bridgehead atoms. The Morgan fingerprint density at radius 3 is 2.71 bits per heavy atom. The van der Waals surface area contributed by atoms with Crippen molar-refractivity contribution in [2.75, 3.05) is 13.1 Å². The maximum Gasteiger partial charge on any atom is 0.255 e. The summed E-state index contributed by atoms with van der Waals surface area (Å²) in [5, 5.41) is 0. The monoisotopic (exact) mass is 389 g/mol. The standard InChI is InChI=1S/C19H24BrN3O/c1-12-7-15(10-21)11-22(12)19(24)18-8-13(2)23(14(18)3)17-6-4-5-16(20)9-17/h4-6,8-9,12,15H,7,10-11,21H2,1-3H3. The first-order valence-electron chi connectivity index (χ1n) is 8.38. The summed E-state index contributed by atoms with van der Waals surface area (Å²) < 4.78 is 3.17. The molecule has 2 heterocycles. The zero-order valence-electron chi connectivity index (χ0n) is 14.4. The molecule has 1 aromatic carbocycles. The van der Waals surface area contributed by atoms with Gasteiger partial charge in [-0.25, -0.2) is 0 Å². The Kier molecular flexibility index (Phi) is 4.83. The number of carbonyl (C=O) groups is 1. The molecule has 0 radical (unpaired) electrons. The van der Waals surface area contributed by atoms with Crippen LogP contribution in [0.25, 0.3) is 5.69 Å². The van der Waals surface area contributed by atoms with E-state index in [0.29, 0.717) is 12.5 Å². The number of halogens is 1. The van der Waals surface area contributed by atoms with E-state index in [2.05, 4.69) is 39.6 Å². The average molecular weight is 390 g/mol. The van der Waals surface area contributed by atoms with Crippen LogP contribution in [0.5, 0.6) is 0 Å². The summed E-state index contributed by atoms with van der Waals surface area (Å²) in [6.45, 7) is 7.58. The number of likely N-dealkylation sites (tertiary alicyclic amines) is 1. The third-order valence-electron chi connectivity index (χ3n) is 4.98. The molecule has 0 spiro atoms. The van der Waals surface area contributed by atoms with Crippen molar-refractivity contribution in [3.8, 4) is 5.69 Å². The third kappa shape index (κ3) is 3.03. The number of amides is 1. The Hall–Kier alpha value is -1.59. The van der Waals surface area contributed by atoms with Crippen molar-refractivity contribution >= 4 is 21.8 Å². The van der Waals surface area contributed by atoms with Gasteiger partial charge >= 0.3 is 0 Å².